The predicted octanol–water partition coefficient (Wildman–Crippen LogP) is 2.54. The van der Waals surface area contributed by atoms with Gasteiger partial charge in [-0.25, -0.2) is 4.98 Å². The van der Waals surface area contributed by atoms with E-state index in [-0.39, 0.29) is 5.91 Å². The highest BCUT2D eigenvalue weighted by atomic mass is 32.1. The molecule has 1 heterocycles. The molecule has 0 saturated heterocycles. The van der Waals surface area contributed by atoms with Crippen LogP contribution in [-0.2, 0) is 17.9 Å². The zero-order chi connectivity index (χ0) is 15.2. The van der Waals surface area contributed by atoms with E-state index in [4.69, 9.17) is 0 Å². The third kappa shape index (κ3) is 4.95. The van der Waals surface area contributed by atoms with Crippen LogP contribution in [-0.4, -0.2) is 41.3 Å². The Morgan fingerprint density at radius 1 is 1.19 bits per heavy atom. The van der Waals surface area contributed by atoms with Gasteiger partial charge < -0.3 is 4.90 Å². The number of aromatic nitrogens is 1. The fourth-order valence-corrected chi connectivity index (χ4v) is 2.72. The van der Waals surface area contributed by atoms with Crippen LogP contribution in [0, 0.1) is 6.92 Å². The van der Waals surface area contributed by atoms with Crippen molar-refractivity contribution in [3.63, 3.8) is 0 Å². The first-order chi connectivity index (χ1) is 10.0. The number of hydrogen-bond acceptors (Lipinski definition) is 4. The van der Waals surface area contributed by atoms with Crippen LogP contribution >= 0.6 is 11.3 Å². The molecule has 1 aromatic carbocycles. The number of carbonyl (C=O) groups is 1. The summed E-state index contributed by atoms with van der Waals surface area (Å²) < 4.78 is 0. The summed E-state index contributed by atoms with van der Waals surface area (Å²) in [7, 11) is 3.79. The molecule has 0 fully saturated rings. The largest absolute Gasteiger partial charge is 0.339 e. The van der Waals surface area contributed by atoms with Gasteiger partial charge in [-0.3, -0.25) is 9.69 Å². The van der Waals surface area contributed by atoms with E-state index in [0.29, 0.717) is 13.1 Å². The van der Waals surface area contributed by atoms with Crippen molar-refractivity contribution in [1.29, 1.82) is 0 Å². The van der Waals surface area contributed by atoms with Gasteiger partial charge in [0.05, 0.1) is 23.8 Å². The molecule has 4 nitrogen and oxygen atoms in total. The van der Waals surface area contributed by atoms with Crippen LogP contribution in [0.2, 0.25) is 0 Å². The predicted molar refractivity (Wildman–Crippen MR) is 86.1 cm³/mol. The van der Waals surface area contributed by atoms with Crippen LogP contribution in [0.15, 0.2) is 35.7 Å². The summed E-state index contributed by atoms with van der Waals surface area (Å²) in [5.74, 6) is 0.110. The molecule has 1 aromatic heterocycles. The highest BCUT2D eigenvalue weighted by Gasteiger charge is 2.13. The number of rotatable bonds is 6. The van der Waals surface area contributed by atoms with Crippen molar-refractivity contribution in [1.82, 2.24) is 14.8 Å². The van der Waals surface area contributed by atoms with Crippen LogP contribution in [0.4, 0.5) is 0 Å². The first-order valence-corrected chi connectivity index (χ1v) is 7.80. The quantitative estimate of drug-likeness (QED) is 0.823. The second-order valence-electron chi connectivity index (χ2n) is 5.27. The summed E-state index contributed by atoms with van der Waals surface area (Å²) in [6.45, 7) is 3.73. The lowest BCUT2D eigenvalue weighted by atomic mass is 10.2. The van der Waals surface area contributed by atoms with Gasteiger partial charge in [0.2, 0.25) is 5.91 Å². The molecule has 112 valence electrons. The lowest BCUT2D eigenvalue weighted by molar-refractivity contribution is -0.131. The smallest absolute Gasteiger partial charge is 0.236 e. The SMILES string of the molecule is Cc1nc(CN(C)C(=O)CN(C)Cc2ccccc2)cs1. The normalized spacial score (nSPS) is 10.9. The zero-order valence-electron chi connectivity index (χ0n) is 12.7. The van der Waals surface area contributed by atoms with E-state index in [0.717, 1.165) is 17.2 Å². The number of benzene rings is 1. The molecule has 21 heavy (non-hydrogen) atoms. The molecule has 0 radical (unpaired) electrons. The first kappa shape index (κ1) is 15.7. The van der Waals surface area contributed by atoms with Crippen molar-refractivity contribution < 1.29 is 4.79 Å². The van der Waals surface area contributed by atoms with Gasteiger partial charge in [-0.15, -0.1) is 11.3 Å². The van der Waals surface area contributed by atoms with Crippen molar-refractivity contribution in [3.05, 3.63) is 52.0 Å². The highest BCUT2D eigenvalue weighted by Crippen LogP contribution is 2.10. The van der Waals surface area contributed by atoms with Crippen molar-refractivity contribution in [2.75, 3.05) is 20.6 Å². The van der Waals surface area contributed by atoms with E-state index in [1.54, 1.807) is 16.2 Å². The number of carbonyl (C=O) groups excluding carboxylic acids is 1. The zero-order valence-corrected chi connectivity index (χ0v) is 13.6. The van der Waals surface area contributed by atoms with Crippen molar-refractivity contribution in [2.24, 2.45) is 0 Å². The molecule has 0 bridgehead atoms. The Labute approximate surface area is 130 Å². The lowest BCUT2D eigenvalue weighted by Crippen LogP contribution is -2.36. The molecule has 0 saturated carbocycles. The molecule has 2 rings (SSSR count). The van der Waals surface area contributed by atoms with Crippen LogP contribution in [0.25, 0.3) is 0 Å². The monoisotopic (exact) mass is 303 g/mol. The second kappa shape index (κ2) is 7.33. The van der Waals surface area contributed by atoms with Gasteiger partial charge in [0.1, 0.15) is 0 Å². The van der Waals surface area contributed by atoms with Crippen molar-refractivity contribution in [3.8, 4) is 0 Å². The van der Waals surface area contributed by atoms with Gasteiger partial charge in [0, 0.05) is 19.0 Å². The molecule has 0 aliphatic carbocycles. The van der Waals surface area contributed by atoms with Crippen molar-refractivity contribution >= 4 is 17.2 Å². The molecule has 0 N–H and O–H groups in total. The van der Waals surface area contributed by atoms with Crippen LogP contribution in [0.1, 0.15) is 16.3 Å². The molecule has 0 aliphatic heterocycles. The Morgan fingerprint density at radius 2 is 1.90 bits per heavy atom. The average Bonchev–Trinajstić information content (AvgIpc) is 2.85. The highest BCUT2D eigenvalue weighted by molar-refractivity contribution is 7.09. The van der Waals surface area contributed by atoms with Gasteiger partial charge in [0.25, 0.3) is 0 Å². The topological polar surface area (TPSA) is 36.4 Å². The molecule has 0 unspecified atom stereocenters. The summed E-state index contributed by atoms with van der Waals surface area (Å²) in [6, 6.07) is 10.2. The van der Waals surface area contributed by atoms with Crippen LogP contribution < -0.4 is 0 Å². The molecule has 0 spiro atoms. The number of hydrogen-bond donors (Lipinski definition) is 0. The molecule has 5 heteroatoms. The van der Waals surface area contributed by atoms with E-state index in [1.165, 1.54) is 5.56 Å². The maximum Gasteiger partial charge on any atom is 0.236 e. The van der Waals surface area contributed by atoms with E-state index in [9.17, 15) is 4.79 Å². The van der Waals surface area contributed by atoms with E-state index >= 15 is 0 Å². The summed E-state index contributed by atoms with van der Waals surface area (Å²) in [5, 5.41) is 3.04. The Bertz CT molecular complexity index is 582. The minimum absolute atomic E-state index is 0.110. The van der Waals surface area contributed by atoms with Crippen LogP contribution in [0.5, 0.6) is 0 Å². The Hall–Kier alpha value is -1.72. The average molecular weight is 303 g/mol. The molecule has 2 aromatic rings. The van der Waals surface area contributed by atoms with Gasteiger partial charge in [-0.1, -0.05) is 30.3 Å². The number of aryl methyl sites for hydroxylation is 1. The summed E-state index contributed by atoms with van der Waals surface area (Å²) >= 11 is 1.61. The second-order valence-corrected chi connectivity index (χ2v) is 6.33. The van der Waals surface area contributed by atoms with Gasteiger partial charge in [-0.2, -0.15) is 0 Å². The number of thiazole rings is 1. The lowest BCUT2D eigenvalue weighted by Gasteiger charge is -2.21. The number of amides is 1. The van der Waals surface area contributed by atoms with Gasteiger partial charge in [-0.05, 0) is 19.5 Å². The van der Waals surface area contributed by atoms with Gasteiger partial charge >= 0.3 is 0 Å². The standard InChI is InChI=1S/C16H21N3OS/c1-13-17-15(12-21-13)10-19(3)16(20)11-18(2)9-14-7-5-4-6-8-14/h4-8,12H,9-11H2,1-3H3. The third-order valence-electron chi connectivity index (χ3n) is 3.19. The molecule has 0 aliphatic rings. The molecular formula is C16H21N3OS. The maximum absolute atomic E-state index is 12.2. The summed E-state index contributed by atoms with van der Waals surface area (Å²) in [5.41, 5.74) is 2.17. The summed E-state index contributed by atoms with van der Waals surface area (Å²) in [6.07, 6.45) is 0. The fraction of sp³-hybridized carbons (Fsp3) is 0.375. The Balaban J connectivity index is 1.82. The third-order valence-corrected chi connectivity index (χ3v) is 4.01. The van der Waals surface area contributed by atoms with Gasteiger partial charge in [0.15, 0.2) is 0 Å². The first-order valence-electron chi connectivity index (χ1n) is 6.92. The Morgan fingerprint density at radius 3 is 2.52 bits per heavy atom. The number of nitrogens with zero attached hydrogens (tertiary/aromatic N) is 3. The molecule has 1 amide bonds. The molecular weight excluding hydrogens is 282 g/mol. The van der Waals surface area contributed by atoms with Crippen molar-refractivity contribution in [2.45, 2.75) is 20.0 Å². The number of likely N-dealkylation sites (N-methyl/N-ethyl adjacent to an activating group) is 2. The Kier molecular flexibility index (Phi) is 5.47. The molecule has 0 atom stereocenters. The van der Waals surface area contributed by atoms with E-state index in [1.807, 2.05) is 49.5 Å². The van der Waals surface area contributed by atoms with E-state index < -0.39 is 0 Å². The summed E-state index contributed by atoms with van der Waals surface area (Å²) in [4.78, 5) is 20.4. The maximum atomic E-state index is 12.2. The fourth-order valence-electron chi connectivity index (χ4n) is 2.11. The minimum Gasteiger partial charge on any atom is -0.339 e. The van der Waals surface area contributed by atoms with Crippen LogP contribution in [0.3, 0.4) is 0 Å². The minimum atomic E-state index is 0.110. The van der Waals surface area contributed by atoms with E-state index in [2.05, 4.69) is 17.1 Å².